The van der Waals surface area contributed by atoms with Crippen molar-refractivity contribution in [2.45, 2.75) is 45.6 Å². The summed E-state index contributed by atoms with van der Waals surface area (Å²) in [5, 5.41) is 3.59. The van der Waals surface area contributed by atoms with Crippen LogP contribution in [0.25, 0.3) is 11.6 Å². The minimum absolute atomic E-state index is 0.408. The van der Waals surface area contributed by atoms with E-state index in [0.717, 1.165) is 30.7 Å². The summed E-state index contributed by atoms with van der Waals surface area (Å²) in [6.07, 6.45) is 8.22. The molecule has 106 valence electrons. The van der Waals surface area contributed by atoms with Gasteiger partial charge in [0, 0.05) is 23.5 Å². The monoisotopic (exact) mass is 271 g/mol. The number of rotatable bonds is 4. The molecule has 0 bridgehead atoms. The van der Waals surface area contributed by atoms with Gasteiger partial charge in [-0.05, 0) is 50.8 Å². The Morgan fingerprint density at radius 3 is 3.10 bits per heavy atom. The number of hydrogen-bond donors (Lipinski definition) is 1. The first-order chi connectivity index (χ1) is 9.79. The molecule has 0 fully saturated rings. The third kappa shape index (κ3) is 2.48. The topological polar surface area (TPSA) is 51.0 Å². The zero-order chi connectivity index (χ0) is 13.9. The molecule has 2 heterocycles. The second kappa shape index (κ2) is 5.75. The second-order valence-electron chi connectivity index (χ2n) is 5.43. The molecule has 2 aromatic heterocycles. The molecule has 0 saturated heterocycles. The van der Waals surface area contributed by atoms with Gasteiger partial charge in [0.05, 0.1) is 6.26 Å². The highest BCUT2D eigenvalue weighted by Crippen LogP contribution is 2.30. The van der Waals surface area contributed by atoms with Crippen molar-refractivity contribution in [3.05, 3.63) is 35.3 Å². The Balaban J connectivity index is 1.91. The SMILES string of the molecule is CCCNC1CCCc2nc(-c3occc3C)ncc21. The highest BCUT2D eigenvalue weighted by molar-refractivity contribution is 5.52. The first-order valence-corrected chi connectivity index (χ1v) is 7.43. The Labute approximate surface area is 119 Å². The number of hydrogen-bond acceptors (Lipinski definition) is 4. The number of aryl methyl sites for hydroxylation is 2. The molecule has 0 aliphatic heterocycles. The van der Waals surface area contributed by atoms with Gasteiger partial charge >= 0.3 is 0 Å². The predicted octanol–water partition coefficient (Wildman–Crippen LogP) is 3.42. The Kier molecular flexibility index (Phi) is 3.83. The third-order valence-electron chi connectivity index (χ3n) is 3.89. The molecular weight excluding hydrogens is 250 g/mol. The van der Waals surface area contributed by atoms with E-state index in [1.807, 2.05) is 19.2 Å². The lowest BCUT2D eigenvalue weighted by molar-refractivity contribution is 0.453. The van der Waals surface area contributed by atoms with Gasteiger partial charge < -0.3 is 9.73 Å². The maximum Gasteiger partial charge on any atom is 0.196 e. The van der Waals surface area contributed by atoms with Gasteiger partial charge in [-0.1, -0.05) is 6.92 Å². The minimum atomic E-state index is 0.408. The van der Waals surface area contributed by atoms with Crippen LogP contribution in [0.4, 0.5) is 0 Å². The van der Waals surface area contributed by atoms with E-state index in [2.05, 4.69) is 17.2 Å². The Hall–Kier alpha value is -1.68. The van der Waals surface area contributed by atoms with Crippen molar-refractivity contribution in [3.63, 3.8) is 0 Å². The maximum absolute atomic E-state index is 5.49. The summed E-state index contributed by atoms with van der Waals surface area (Å²) in [5.41, 5.74) is 3.52. The van der Waals surface area contributed by atoms with Gasteiger partial charge in [-0.3, -0.25) is 0 Å². The fraction of sp³-hybridized carbons (Fsp3) is 0.500. The van der Waals surface area contributed by atoms with Gasteiger partial charge in [0.1, 0.15) is 0 Å². The molecule has 0 saturated carbocycles. The van der Waals surface area contributed by atoms with Crippen LogP contribution in [-0.2, 0) is 6.42 Å². The van der Waals surface area contributed by atoms with Crippen molar-refractivity contribution in [1.29, 1.82) is 0 Å². The van der Waals surface area contributed by atoms with Crippen LogP contribution in [0.5, 0.6) is 0 Å². The summed E-state index contributed by atoms with van der Waals surface area (Å²) in [4.78, 5) is 9.24. The fourth-order valence-electron chi connectivity index (χ4n) is 2.79. The van der Waals surface area contributed by atoms with Crippen molar-refractivity contribution < 1.29 is 4.42 Å². The summed E-state index contributed by atoms with van der Waals surface area (Å²) in [5.74, 6) is 1.50. The lowest BCUT2D eigenvalue weighted by Gasteiger charge is -2.25. The van der Waals surface area contributed by atoms with Crippen LogP contribution in [-0.4, -0.2) is 16.5 Å². The highest BCUT2D eigenvalue weighted by Gasteiger charge is 2.22. The van der Waals surface area contributed by atoms with E-state index < -0.39 is 0 Å². The van der Waals surface area contributed by atoms with Crippen LogP contribution in [0.2, 0.25) is 0 Å². The van der Waals surface area contributed by atoms with Gasteiger partial charge in [-0.25, -0.2) is 9.97 Å². The van der Waals surface area contributed by atoms with Crippen LogP contribution in [0.3, 0.4) is 0 Å². The van der Waals surface area contributed by atoms with Gasteiger partial charge in [0.2, 0.25) is 0 Å². The first kappa shape index (κ1) is 13.3. The van der Waals surface area contributed by atoms with Crippen molar-refractivity contribution in [2.75, 3.05) is 6.54 Å². The molecular formula is C16H21N3O. The summed E-state index contributed by atoms with van der Waals surface area (Å²) in [6, 6.07) is 2.36. The van der Waals surface area contributed by atoms with Crippen molar-refractivity contribution in [1.82, 2.24) is 15.3 Å². The van der Waals surface area contributed by atoms with Crippen LogP contribution in [0.1, 0.15) is 49.0 Å². The molecule has 1 unspecified atom stereocenters. The van der Waals surface area contributed by atoms with Crippen LogP contribution >= 0.6 is 0 Å². The molecule has 1 aliphatic rings. The summed E-state index contributed by atoms with van der Waals surface area (Å²) in [7, 11) is 0. The van der Waals surface area contributed by atoms with Gasteiger partial charge in [-0.15, -0.1) is 0 Å². The predicted molar refractivity (Wildman–Crippen MR) is 78.4 cm³/mol. The van der Waals surface area contributed by atoms with E-state index in [-0.39, 0.29) is 0 Å². The van der Waals surface area contributed by atoms with Gasteiger partial charge in [0.15, 0.2) is 11.6 Å². The minimum Gasteiger partial charge on any atom is -0.461 e. The van der Waals surface area contributed by atoms with E-state index in [0.29, 0.717) is 11.9 Å². The normalized spacial score (nSPS) is 18.0. The number of furan rings is 1. The second-order valence-corrected chi connectivity index (χ2v) is 5.43. The van der Waals surface area contributed by atoms with E-state index in [1.165, 1.54) is 24.1 Å². The lowest BCUT2D eigenvalue weighted by Crippen LogP contribution is -2.26. The Morgan fingerprint density at radius 1 is 1.45 bits per heavy atom. The van der Waals surface area contributed by atoms with Crippen LogP contribution in [0.15, 0.2) is 22.9 Å². The highest BCUT2D eigenvalue weighted by atomic mass is 16.3. The van der Waals surface area contributed by atoms with E-state index in [1.54, 1.807) is 6.26 Å². The number of nitrogens with zero attached hydrogens (tertiary/aromatic N) is 2. The molecule has 3 rings (SSSR count). The van der Waals surface area contributed by atoms with Gasteiger partial charge in [0.25, 0.3) is 0 Å². The quantitative estimate of drug-likeness (QED) is 0.925. The third-order valence-corrected chi connectivity index (χ3v) is 3.89. The molecule has 2 aromatic rings. The molecule has 0 radical (unpaired) electrons. The van der Waals surface area contributed by atoms with E-state index >= 15 is 0 Å². The fourth-order valence-corrected chi connectivity index (χ4v) is 2.79. The Morgan fingerprint density at radius 2 is 2.35 bits per heavy atom. The van der Waals surface area contributed by atoms with Crippen molar-refractivity contribution in [2.24, 2.45) is 0 Å². The van der Waals surface area contributed by atoms with Crippen molar-refractivity contribution in [3.8, 4) is 11.6 Å². The first-order valence-electron chi connectivity index (χ1n) is 7.43. The average Bonchev–Trinajstić information content (AvgIpc) is 2.90. The van der Waals surface area contributed by atoms with Gasteiger partial charge in [-0.2, -0.15) is 0 Å². The maximum atomic E-state index is 5.49. The summed E-state index contributed by atoms with van der Waals surface area (Å²) < 4.78 is 5.49. The van der Waals surface area contributed by atoms with Crippen molar-refractivity contribution >= 4 is 0 Å². The average molecular weight is 271 g/mol. The largest absolute Gasteiger partial charge is 0.461 e. The number of nitrogens with one attached hydrogen (secondary N) is 1. The molecule has 1 aliphatic carbocycles. The molecule has 0 spiro atoms. The molecule has 1 N–H and O–H groups in total. The van der Waals surface area contributed by atoms with Crippen LogP contribution in [0, 0.1) is 6.92 Å². The molecule has 20 heavy (non-hydrogen) atoms. The zero-order valence-corrected chi connectivity index (χ0v) is 12.1. The Bertz CT molecular complexity index is 591. The zero-order valence-electron chi connectivity index (χ0n) is 12.1. The summed E-state index contributed by atoms with van der Waals surface area (Å²) in [6.45, 7) is 5.26. The van der Waals surface area contributed by atoms with E-state index in [4.69, 9.17) is 9.40 Å². The van der Waals surface area contributed by atoms with Crippen LogP contribution < -0.4 is 5.32 Å². The smallest absolute Gasteiger partial charge is 0.196 e. The van der Waals surface area contributed by atoms with E-state index in [9.17, 15) is 0 Å². The number of fused-ring (bicyclic) bond motifs is 1. The molecule has 1 atom stereocenters. The molecule has 4 nitrogen and oxygen atoms in total. The molecule has 0 amide bonds. The molecule has 0 aromatic carbocycles. The summed E-state index contributed by atoms with van der Waals surface area (Å²) >= 11 is 0. The molecule has 4 heteroatoms. The number of aromatic nitrogens is 2. The standard InChI is InChI=1S/C16H21N3O/c1-3-8-17-13-5-4-6-14-12(13)10-18-16(19-14)15-11(2)7-9-20-15/h7,9-10,13,17H,3-6,8H2,1-2H3. The lowest BCUT2D eigenvalue weighted by atomic mass is 9.92.